The van der Waals surface area contributed by atoms with Crippen molar-refractivity contribution in [2.75, 3.05) is 6.61 Å². The molecule has 0 spiro atoms. The standard InChI is InChI=1S/C20H24OSi/c1-2-22(19-12-5-3-6-13-19,20-14-7-4-8-15-20)16-10-9-11-18-17-21-18/h2-8,12-15,18H,1,9-11,16-17H2. The maximum absolute atomic E-state index is 5.33. The van der Waals surface area contributed by atoms with Crippen LogP contribution in [-0.4, -0.2) is 20.8 Å². The van der Waals surface area contributed by atoms with E-state index in [2.05, 4.69) is 72.9 Å². The Morgan fingerprint density at radius 1 is 0.955 bits per heavy atom. The lowest BCUT2D eigenvalue weighted by Crippen LogP contribution is -2.56. The summed E-state index contributed by atoms with van der Waals surface area (Å²) in [5.41, 5.74) is 2.27. The van der Waals surface area contributed by atoms with Gasteiger partial charge in [-0.15, -0.1) is 6.58 Å². The molecule has 1 fully saturated rings. The molecule has 0 bridgehead atoms. The van der Waals surface area contributed by atoms with Gasteiger partial charge in [-0.25, -0.2) is 0 Å². The van der Waals surface area contributed by atoms with Crippen molar-refractivity contribution in [3.8, 4) is 0 Å². The van der Waals surface area contributed by atoms with Gasteiger partial charge in [0.15, 0.2) is 0 Å². The molecule has 1 heterocycles. The second-order valence-electron chi connectivity index (χ2n) is 6.11. The van der Waals surface area contributed by atoms with Crippen LogP contribution >= 0.6 is 0 Å². The molecule has 0 radical (unpaired) electrons. The molecule has 2 aromatic carbocycles. The summed E-state index contributed by atoms with van der Waals surface area (Å²) < 4.78 is 5.33. The highest BCUT2D eigenvalue weighted by Gasteiger charge is 2.33. The summed E-state index contributed by atoms with van der Waals surface area (Å²) in [6.45, 7) is 5.22. The van der Waals surface area contributed by atoms with Gasteiger partial charge in [0.25, 0.3) is 0 Å². The summed E-state index contributed by atoms with van der Waals surface area (Å²) in [6, 6.07) is 23.2. The van der Waals surface area contributed by atoms with E-state index in [4.69, 9.17) is 4.74 Å². The van der Waals surface area contributed by atoms with Crippen LogP contribution in [0.2, 0.25) is 6.04 Å². The van der Waals surface area contributed by atoms with Gasteiger partial charge in [0.2, 0.25) is 0 Å². The minimum atomic E-state index is -1.85. The van der Waals surface area contributed by atoms with E-state index < -0.39 is 8.07 Å². The van der Waals surface area contributed by atoms with Crippen molar-refractivity contribution in [3.05, 3.63) is 72.9 Å². The van der Waals surface area contributed by atoms with Crippen LogP contribution in [0.25, 0.3) is 0 Å². The molecular formula is C20H24OSi. The molecule has 114 valence electrons. The zero-order chi connectivity index (χ0) is 15.3. The topological polar surface area (TPSA) is 12.5 Å². The van der Waals surface area contributed by atoms with E-state index in [0.29, 0.717) is 6.10 Å². The molecule has 2 aromatic rings. The van der Waals surface area contributed by atoms with E-state index in [0.717, 1.165) is 6.61 Å². The summed E-state index contributed by atoms with van der Waals surface area (Å²) in [5.74, 6) is 0. The van der Waals surface area contributed by atoms with Crippen molar-refractivity contribution in [2.24, 2.45) is 0 Å². The zero-order valence-electron chi connectivity index (χ0n) is 13.1. The number of ether oxygens (including phenoxy) is 1. The van der Waals surface area contributed by atoms with Crippen molar-refractivity contribution in [3.63, 3.8) is 0 Å². The third-order valence-corrected chi connectivity index (χ3v) is 9.24. The van der Waals surface area contributed by atoms with Gasteiger partial charge in [0.1, 0.15) is 8.07 Å². The second kappa shape index (κ2) is 7.08. The molecule has 0 N–H and O–H groups in total. The highest BCUT2D eigenvalue weighted by atomic mass is 28.3. The van der Waals surface area contributed by atoms with Crippen LogP contribution in [0.1, 0.15) is 19.3 Å². The molecule has 1 aliphatic rings. The van der Waals surface area contributed by atoms with Crippen LogP contribution in [0.15, 0.2) is 72.9 Å². The second-order valence-corrected chi connectivity index (χ2v) is 10.1. The van der Waals surface area contributed by atoms with Gasteiger partial charge in [-0.1, -0.05) is 79.2 Å². The lowest BCUT2D eigenvalue weighted by atomic mass is 10.2. The Hall–Kier alpha value is -1.64. The summed E-state index contributed by atoms with van der Waals surface area (Å²) in [5, 5.41) is 2.94. The van der Waals surface area contributed by atoms with Crippen LogP contribution in [-0.2, 0) is 4.74 Å². The fourth-order valence-corrected chi connectivity index (χ4v) is 7.24. The van der Waals surface area contributed by atoms with Crippen molar-refractivity contribution in [1.82, 2.24) is 0 Å². The first-order chi connectivity index (χ1) is 10.8. The number of benzene rings is 2. The van der Waals surface area contributed by atoms with Gasteiger partial charge in [-0.3, -0.25) is 0 Å². The van der Waals surface area contributed by atoms with Crippen LogP contribution in [0.3, 0.4) is 0 Å². The van der Waals surface area contributed by atoms with E-state index >= 15 is 0 Å². The van der Waals surface area contributed by atoms with E-state index in [1.807, 2.05) is 0 Å². The normalized spacial score (nSPS) is 17.2. The number of hydrogen-bond acceptors (Lipinski definition) is 1. The first-order valence-electron chi connectivity index (χ1n) is 8.21. The average molecular weight is 308 g/mol. The maximum atomic E-state index is 5.33. The van der Waals surface area contributed by atoms with Crippen LogP contribution < -0.4 is 10.4 Å². The molecule has 0 aliphatic carbocycles. The number of hydrogen-bond donors (Lipinski definition) is 0. The van der Waals surface area contributed by atoms with Crippen molar-refractivity contribution < 1.29 is 4.74 Å². The molecule has 1 unspecified atom stereocenters. The van der Waals surface area contributed by atoms with E-state index in [1.54, 1.807) is 0 Å². The maximum Gasteiger partial charge on any atom is 0.140 e. The van der Waals surface area contributed by atoms with E-state index in [1.165, 1.54) is 35.7 Å². The van der Waals surface area contributed by atoms with Gasteiger partial charge in [-0.05, 0) is 22.8 Å². The Labute approximate surface area is 134 Å². The van der Waals surface area contributed by atoms with Crippen LogP contribution in [0, 0.1) is 0 Å². The number of epoxide rings is 1. The Morgan fingerprint density at radius 2 is 1.50 bits per heavy atom. The molecule has 0 aromatic heterocycles. The Bertz CT molecular complexity index is 550. The highest BCUT2D eigenvalue weighted by molar-refractivity contribution is 7.05. The third-order valence-electron chi connectivity index (χ3n) is 4.68. The van der Waals surface area contributed by atoms with Gasteiger partial charge in [-0.2, -0.15) is 0 Å². The van der Waals surface area contributed by atoms with Crippen molar-refractivity contribution in [1.29, 1.82) is 0 Å². The van der Waals surface area contributed by atoms with Crippen molar-refractivity contribution >= 4 is 18.4 Å². The van der Waals surface area contributed by atoms with Gasteiger partial charge >= 0.3 is 0 Å². The Kier molecular flexibility index (Phi) is 4.91. The minimum Gasteiger partial charge on any atom is -0.373 e. The van der Waals surface area contributed by atoms with Crippen LogP contribution in [0.5, 0.6) is 0 Å². The molecule has 3 rings (SSSR count). The molecule has 1 atom stereocenters. The molecule has 1 nitrogen and oxygen atoms in total. The first kappa shape index (κ1) is 15.3. The van der Waals surface area contributed by atoms with Crippen molar-refractivity contribution in [2.45, 2.75) is 31.4 Å². The first-order valence-corrected chi connectivity index (χ1v) is 10.5. The summed E-state index contributed by atoms with van der Waals surface area (Å²) in [4.78, 5) is 0. The fourth-order valence-electron chi connectivity index (χ4n) is 3.27. The Balaban J connectivity index is 1.84. The average Bonchev–Trinajstić information content (AvgIpc) is 3.41. The molecular weight excluding hydrogens is 284 g/mol. The summed E-state index contributed by atoms with van der Waals surface area (Å²) in [6.07, 6.45) is 4.27. The predicted octanol–water partition coefficient (Wildman–Crippen LogP) is 3.54. The van der Waals surface area contributed by atoms with Crippen LogP contribution in [0.4, 0.5) is 0 Å². The Morgan fingerprint density at radius 3 is 1.95 bits per heavy atom. The largest absolute Gasteiger partial charge is 0.373 e. The smallest absolute Gasteiger partial charge is 0.140 e. The number of unbranched alkanes of at least 4 members (excludes halogenated alkanes) is 1. The molecule has 1 saturated heterocycles. The van der Waals surface area contributed by atoms with Gasteiger partial charge in [0, 0.05) is 0 Å². The lowest BCUT2D eigenvalue weighted by molar-refractivity contribution is 0.391. The molecule has 2 heteroatoms. The zero-order valence-corrected chi connectivity index (χ0v) is 14.1. The van der Waals surface area contributed by atoms with E-state index in [9.17, 15) is 0 Å². The monoisotopic (exact) mass is 308 g/mol. The summed E-state index contributed by atoms with van der Waals surface area (Å²) in [7, 11) is -1.85. The SMILES string of the molecule is C=C[Si](CCCCC1CO1)(c1ccccc1)c1ccccc1. The number of rotatable bonds is 8. The predicted molar refractivity (Wildman–Crippen MR) is 96.5 cm³/mol. The molecule has 0 saturated carbocycles. The summed E-state index contributed by atoms with van der Waals surface area (Å²) >= 11 is 0. The van der Waals surface area contributed by atoms with Gasteiger partial charge < -0.3 is 4.74 Å². The molecule has 0 amide bonds. The third kappa shape index (κ3) is 3.40. The lowest BCUT2D eigenvalue weighted by Gasteiger charge is -2.29. The quantitative estimate of drug-likeness (QED) is 0.413. The minimum absolute atomic E-state index is 0.549. The van der Waals surface area contributed by atoms with E-state index in [-0.39, 0.29) is 0 Å². The fraction of sp³-hybridized carbons (Fsp3) is 0.300. The molecule has 22 heavy (non-hydrogen) atoms. The highest BCUT2D eigenvalue weighted by Crippen LogP contribution is 2.21. The molecule has 1 aliphatic heterocycles. The van der Waals surface area contributed by atoms with Gasteiger partial charge in [0.05, 0.1) is 12.7 Å².